The molecule has 2 aliphatic heterocycles. The molecule has 0 atom stereocenters. The van der Waals surface area contributed by atoms with Gasteiger partial charge < -0.3 is 4.90 Å². The summed E-state index contributed by atoms with van der Waals surface area (Å²) in [4.78, 5) is 9.45. The molecule has 0 aliphatic carbocycles. The Balaban J connectivity index is 1.86. The highest BCUT2D eigenvalue weighted by Gasteiger charge is 2.32. The third-order valence-electron chi connectivity index (χ3n) is 3.59. The van der Waals surface area contributed by atoms with Crippen LogP contribution >= 0.6 is 23.1 Å². The third-order valence-corrected chi connectivity index (χ3v) is 5.95. The van der Waals surface area contributed by atoms with Crippen molar-refractivity contribution in [1.29, 1.82) is 0 Å². The normalized spacial score (nSPS) is 18.1. The Morgan fingerprint density at radius 2 is 2.25 bits per heavy atom. The summed E-state index contributed by atoms with van der Waals surface area (Å²) in [6, 6.07) is 7.18. The van der Waals surface area contributed by atoms with Crippen molar-refractivity contribution >= 4 is 44.0 Å². The van der Waals surface area contributed by atoms with Gasteiger partial charge in [0.15, 0.2) is 5.17 Å². The maximum Gasteiger partial charge on any atom is 0.168 e. The number of aliphatic imine (C=N–C) groups is 1. The Bertz CT molecular complexity index is 760. The number of hydrogen-bond acceptors (Lipinski definition) is 4. The van der Waals surface area contributed by atoms with Gasteiger partial charge in [0.25, 0.3) is 0 Å². The maximum atomic E-state index is 13.3. The average Bonchev–Trinajstić information content (AvgIpc) is 3.09. The molecule has 0 saturated heterocycles. The van der Waals surface area contributed by atoms with Crippen molar-refractivity contribution < 1.29 is 4.39 Å². The van der Waals surface area contributed by atoms with Crippen LogP contribution in [0.4, 0.5) is 4.39 Å². The number of thioether (sulfide) groups is 1. The van der Waals surface area contributed by atoms with Crippen LogP contribution in [0.25, 0.3) is 15.8 Å². The monoisotopic (exact) mass is 304 g/mol. The van der Waals surface area contributed by atoms with Crippen LogP contribution in [0.5, 0.6) is 0 Å². The predicted octanol–water partition coefficient (Wildman–Crippen LogP) is 4.54. The second-order valence-corrected chi connectivity index (χ2v) is 6.98. The highest BCUT2D eigenvalue weighted by Crippen LogP contribution is 2.45. The first-order chi connectivity index (χ1) is 9.76. The first kappa shape index (κ1) is 12.4. The number of rotatable bonds is 2. The van der Waals surface area contributed by atoms with E-state index in [-0.39, 0.29) is 5.82 Å². The second-order valence-electron chi connectivity index (χ2n) is 4.84. The summed E-state index contributed by atoms with van der Waals surface area (Å²) in [5.41, 5.74) is 1.29. The molecule has 0 unspecified atom stereocenters. The van der Waals surface area contributed by atoms with Crippen LogP contribution in [0.1, 0.15) is 18.2 Å². The fourth-order valence-corrected chi connectivity index (χ4v) is 5.03. The number of thiophene rings is 1. The van der Waals surface area contributed by atoms with E-state index in [0.717, 1.165) is 34.8 Å². The summed E-state index contributed by atoms with van der Waals surface area (Å²) in [5.74, 6) is -0.167. The molecule has 1 aromatic heterocycles. The van der Waals surface area contributed by atoms with Crippen LogP contribution in [0, 0.1) is 5.82 Å². The lowest BCUT2D eigenvalue weighted by molar-refractivity contribution is 0.630. The van der Waals surface area contributed by atoms with Crippen LogP contribution in [0.2, 0.25) is 0 Å². The molecule has 4 rings (SSSR count). The molecule has 0 N–H and O–H groups in total. The number of halogens is 1. The fraction of sp³-hybridized carbons (Fsp3) is 0.267. The Morgan fingerprint density at radius 1 is 1.35 bits per heavy atom. The molecule has 2 aromatic rings. The molecule has 102 valence electrons. The Morgan fingerprint density at radius 3 is 3.10 bits per heavy atom. The topological polar surface area (TPSA) is 15.6 Å². The summed E-state index contributed by atoms with van der Waals surface area (Å²) in [5, 5.41) is 2.24. The number of amidine groups is 1. The van der Waals surface area contributed by atoms with Gasteiger partial charge in [-0.25, -0.2) is 4.39 Å². The Labute approximate surface area is 125 Å². The van der Waals surface area contributed by atoms with Crippen molar-refractivity contribution in [2.24, 2.45) is 4.99 Å². The van der Waals surface area contributed by atoms with Gasteiger partial charge in [0.2, 0.25) is 0 Å². The maximum absolute atomic E-state index is 13.3. The van der Waals surface area contributed by atoms with Gasteiger partial charge in [-0.15, -0.1) is 11.3 Å². The van der Waals surface area contributed by atoms with Crippen molar-refractivity contribution in [1.82, 2.24) is 4.90 Å². The van der Waals surface area contributed by atoms with Gasteiger partial charge >= 0.3 is 0 Å². The Hall–Kier alpha value is -1.33. The number of nitrogens with zero attached hydrogens (tertiary/aromatic N) is 2. The van der Waals surface area contributed by atoms with E-state index >= 15 is 0 Å². The molecule has 0 fully saturated rings. The third kappa shape index (κ3) is 1.80. The molecule has 2 aliphatic rings. The van der Waals surface area contributed by atoms with Crippen molar-refractivity contribution in [3.63, 3.8) is 0 Å². The minimum Gasteiger partial charge on any atom is -0.317 e. The zero-order chi connectivity index (χ0) is 13.7. The first-order valence-corrected chi connectivity index (χ1v) is 8.32. The minimum atomic E-state index is -0.167. The van der Waals surface area contributed by atoms with Crippen molar-refractivity contribution in [3.05, 3.63) is 39.9 Å². The standard InChI is InChI=1S/C15H13FN2S2/c1-2-11-14(18-6-5-17-15(18)20-11)13-7-9-3-4-10(16)8-12(9)19-13/h3-4,7-8H,2,5-6H2,1H3. The minimum absolute atomic E-state index is 0.167. The number of hydrogen-bond donors (Lipinski definition) is 0. The van der Waals surface area contributed by atoms with Gasteiger partial charge in [0.05, 0.1) is 17.1 Å². The van der Waals surface area contributed by atoms with Crippen LogP contribution in [-0.2, 0) is 0 Å². The summed E-state index contributed by atoms with van der Waals surface area (Å²) in [7, 11) is 0. The van der Waals surface area contributed by atoms with Gasteiger partial charge in [-0.3, -0.25) is 4.99 Å². The summed E-state index contributed by atoms with van der Waals surface area (Å²) in [6.45, 7) is 4.02. The van der Waals surface area contributed by atoms with E-state index < -0.39 is 0 Å². The van der Waals surface area contributed by atoms with Crippen molar-refractivity contribution in [2.75, 3.05) is 13.1 Å². The zero-order valence-electron chi connectivity index (χ0n) is 11.0. The van der Waals surface area contributed by atoms with E-state index in [2.05, 4.69) is 22.9 Å². The second kappa shape index (κ2) is 4.60. The summed E-state index contributed by atoms with van der Waals surface area (Å²) in [6.07, 6.45) is 1.01. The highest BCUT2D eigenvalue weighted by molar-refractivity contribution is 8.17. The van der Waals surface area contributed by atoms with E-state index in [1.54, 1.807) is 29.2 Å². The van der Waals surface area contributed by atoms with Crippen LogP contribution in [0.3, 0.4) is 0 Å². The summed E-state index contributed by atoms with van der Waals surface area (Å²) >= 11 is 3.45. The van der Waals surface area contributed by atoms with Gasteiger partial charge in [-0.1, -0.05) is 24.8 Å². The largest absolute Gasteiger partial charge is 0.317 e. The lowest BCUT2D eigenvalue weighted by Crippen LogP contribution is -2.19. The van der Waals surface area contributed by atoms with Crippen LogP contribution in [-0.4, -0.2) is 23.2 Å². The van der Waals surface area contributed by atoms with E-state index in [9.17, 15) is 4.39 Å². The lowest BCUT2D eigenvalue weighted by Gasteiger charge is -2.15. The molecule has 0 bridgehead atoms. The van der Waals surface area contributed by atoms with Gasteiger partial charge in [-0.2, -0.15) is 0 Å². The SMILES string of the molecule is CCC1=C(c2cc3ccc(F)cc3s2)N2CCN=C2S1. The summed E-state index contributed by atoms with van der Waals surface area (Å²) < 4.78 is 14.4. The quantitative estimate of drug-likeness (QED) is 0.809. The Kier molecular flexibility index (Phi) is 2.86. The molecule has 0 radical (unpaired) electrons. The molecule has 0 spiro atoms. The molecule has 3 heterocycles. The predicted molar refractivity (Wildman–Crippen MR) is 85.6 cm³/mol. The number of benzene rings is 1. The highest BCUT2D eigenvalue weighted by atomic mass is 32.2. The molecule has 0 saturated carbocycles. The molecule has 5 heteroatoms. The van der Waals surface area contributed by atoms with Crippen molar-refractivity contribution in [3.8, 4) is 0 Å². The molecule has 0 amide bonds. The lowest BCUT2D eigenvalue weighted by atomic mass is 10.2. The smallest absolute Gasteiger partial charge is 0.168 e. The van der Waals surface area contributed by atoms with Crippen molar-refractivity contribution in [2.45, 2.75) is 13.3 Å². The fourth-order valence-electron chi connectivity index (χ4n) is 2.66. The van der Waals surface area contributed by atoms with Gasteiger partial charge in [-0.05, 0) is 30.0 Å². The zero-order valence-corrected chi connectivity index (χ0v) is 12.7. The number of fused-ring (bicyclic) bond motifs is 2. The van der Waals surface area contributed by atoms with E-state index in [4.69, 9.17) is 0 Å². The molecular formula is C15H13FN2S2. The molecule has 20 heavy (non-hydrogen) atoms. The van der Waals surface area contributed by atoms with E-state index in [1.807, 2.05) is 6.07 Å². The first-order valence-electron chi connectivity index (χ1n) is 6.68. The van der Waals surface area contributed by atoms with Gasteiger partial charge in [0, 0.05) is 16.1 Å². The van der Waals surface area contributed by atoms with E-state index in [1.165, 1.54) is 21.5 Å². The number of allylic oxidation sites excluding steroid dienone is 1. The van der Waals surface area contributed by atoms with Gasteiger partial charge in [0.1, 0.15) is 5.82 Å². The average molecular weight is 304 g/mol. The molecular weight excluding hydrogens is 291 g/mol. The molecule has 1 aromatic carbocycles. The van der Waals surface area contributed by atoms with Crippen LogP contribution in [0.15, 0.2) is 34.2 Å². The van der Waals surface area contributed by atoms with Crippen LogP contribution < -0.4 is 0 Å². The van der Waals surface area contributed by atoms with E-state index in [0.29, 0.717) is 0 Å². The molecule has 2 nitrogen and oxygen atoms in total.